The van der Waals surface area contributed by atoms with Crippen molar-refractivity contribution in [3.05, 3.63) is 16.9 Å². The molecule has 0 aliphatic heterocycles. The number of aryl methyl sites for hydroxylation is 1. The highest BCUT2D eigenvalue weighted by Crippen LogP contribution is 2.23. The molecule has 0 bridgehead atoms. The summed E-state index contributed by atoms with van der Waals surface area (Å²) in [6.07, 6.45) is 1.53. The van der Waals surface area contributed by atoms with Crippen molar-refractivity contribution in [2.45, 2.75) is 26.0 Å². The molecule has 0 aliphatic rings. The first kappa shape index (κ1) is 11.5. The lowest BCUT2D eigenvalue weighted by molar-refractivity contribution is 0.0556. The van der Waals surface area contributed by atoms with E-state index in [0.29, 0.717) is 11.6 Å². The van der Waals surface area contributed by atoms with Crippen LogP contribution in [-0.2, 0) is 11.8 Å². The number of nitrogens with two attached hydrogens (primary N) is 1. The highest BCUT2D eigenvalue weighted by Gasteiger charge is 2.21. The summed E-state index contributed by atoms with van der Waals surface area (Å²) in [6, 6.07) is -0.241. The molecule has 1 heterocycles. The zero-order valence-electron chi connectivity index (χ0n) is 8.70. The van der Waals surface area contributed by atoms with Crippen molar-refractivity contribution in [3.63, 3.8) is 0 Å². The molecule has 0 amide bonds. The number of rotatable bonds is 4. The highest BCUT2D eigenvalue weighted by molar-refractivity contribution is 6.31. The molecule has 2 unspecified atom stereocenters. The van der Waals surface area contributed by atoms with Gasteiger partial charge in [0.25, 0.3) is 0 Å². The third-order valence-electron chi connectivity index (χ3n) is 2.19. The van der Waals surface area contributed by atoms with Gasteiger partial charge in [-0.25, -0.2) is 0 Å². The van der Waals surface area contributed by atoms with Gasteiger partial charge in [-0.15, -0.1) is 0 Å². The number of halogens is 1. The molecule has 0 aliphatic carbocycles. The summed E-state index contributed by atoms with van der Waals surface area (Å²) in [7, 11) is 1.82. The summed E-state index contributed by atoms with van der Waals surface area (Å²) in [5, 5.41) is 4.62. The average Bonchev–Trinajstić information content (AvgIpc) is 2.46. The van der Waals surface area contributed by atoms with Gasteiger partial charge < -0.3 is 10.5 Å². The molecule has 80 valence electrons. The molecule has 4 nitrogen and oxygen atoms in total. The Kier molecular flexibility index (Phi) is 3.92. The number of hydrogen-bond acceptors (Lipinski definition) is 3. The summed E-state index contributed by atoms with van der Waals surface area (Å²) in [5.41, 5.74) is 6.81. The lowest BCUT2D eigenvalue weighted by Crippen LogP contribution is -2.28. The molecule has 5 heteroatoms. The van der Waals surface area contributed by atoms with E-state index in [0.717, 1.165) is 5.69 Å². The molecule has 0 saturated carbocycles. The minimum Gasteiger partial charge on any atom is -0.377 e. The van der Waals surface area contributed by atoms with Gasteiger partial charge in [0.1, 0.15) is 0 Å². The third-order valence-corrected chi connectivity index (χ3v) is 2.48. The maximum atomic E-state index is 6.00. The molecule has 1 aromatic heterocycles. The van der Waals surface area contributed by atoms with Crippen LogP contribution in [0, 0.1) is 0 Å². The van der Waals surface area contributed by atoms with Gasteiger partial charge >= 0.3 is 0 Å². The highest BCUT2D eigenvalue weighted by atomic mass is 35.5. The number of aromatic nitrogens is 2. The van der Waals surface area contributed by atoms with Crippen LogP contribution < -0.4 is 5.73 Å². The number of ether oxygens (including phenoxy) is 1. The van der Waals surface area contributed by atoms with Crippen molar-refractivity contribution >= 4 is 11.6 Å². The van der Waals surface area contributed by atoms with E-state index < -0.39 is 0 Å². The van der Waals surface area contributed by atoms with Crippen molar-refractivity contribution in [2.24, 2.45) is 12.8 Å². The SMILES string of the molecule is CCOC(C)C(N)c1c(Cl)cnn1C. The number of hydrogen-bond donors (Lipinski definition) is 1. The first-order chi connectivity index (χ1) is 6.57. The van der Waals surface area contributed by atoms with E-state index in [1.807, 2.05) is 20.9 Å². The Morgan fingerprint density at radius 3 is 2.79 bits per heavy atom. The maximum absolute atomic E-state index is 6.00. The molecule has 2 N–H and O–H groups in total. The third kappa shape index (κ3) is 2.26. The van der Waals surface area contributed by atoms with Crippen LogP contribution >= 0.6 is 11.6 Å². The van der Waals surface area contributed by atoms with Gasteiger partial charge in [-0.2, -0.15) is 5.10 Å². The maximum Gasteiger partial charge on any atom is 0.0834 e. The average molecular weight is 218 g/mol. The minimum atomic E-state index is -0.241. The van der Waals surface area contributed by atoms with Crippen molar-refractivity contribution < 1.29 is 4.74 Å². The zero-order valence-corrected chi connectivity index (χ0v) is 9.45. The zero-order chi connectivity index (χ0) is 10.7. The Morgan fingerprint density at radius 1 is 1.71 bits per heavy atom. The van der Waals surface area contributed by atoms with Crippen LogP contribution in [0.15, 0.2) is 6.20 Å². The van der Waals surface area contributed by atoms with E-state index in [9.17, 15) is 0 Å². The summed E-state index contributed by atoms with van der Waals surface area (Å²) < 4.78 is 7.10. The Balaban J connectivity index is 2.82. The molecule has 0 aromatic carbocycles. The molecule has 0 spiro atoms. The summed E-state index contributed by atoms with van der Waals surface area (Å²) in [4.78, 5) is 0. The van der Waals surface area contributed by atoms with E-state index >= 15 is 0 Å². The van der Waals surface area contributed by atoms with Gasteiger partial charge in [-0.05, 0) is 13.8 Å². The second-order valence-electron chi connectivity index (χ2n) is 3.19. The molecule has 0 saturated heterocycles. The molecule has 14 heavy (non-hydrogen) atoms. The molecule has 2 atom stereocenters. The molecule has 0 fully saturated rings. The Hall–Kier alpha value is -0.580. The van der Waals surface area contributed by atoms with Crippen molar-refractivity contribution in [1.82, 2.24) is 9.78 Å². The second-order valence-corrected chi connectivity index (χ2v) is 3.59. The van der Waals surface area contributed by atoms with Crippen LogP contribution in [0.25, 0.3) is 0 Å². The van der Waals surface area contributed by atoms with Crippen LogP contribution in [0.4, 0.5) is 0 Å². The fraction of sp³-hybridized carbons (Fsp3) is 0.667. The summed E-state index contributed by atoms with van der Waals surface area (Å²) in [5.74, 6) is 0. The van der Waals surface area contributed by atoms with E-state index in [1.165, 1.54) is 0 Å². The van der Waals surface area contributed by atoms with Crippen molar-refractivity contribution in [2.75, 3.05) is 6.61 Å². The first-order valence-corrected chi connectivity index (χ1v) is 5.00. The smallest absolute Gasteiger partial charge is 0.0834 e. The van der Waals surface area contributed by atoms with Crippen molar-refractivity contribution in [1.29, 1.82) is 0 Å². The number of nitrogens with zero attached hydrogens (tertiary/aromatic N) is 2. The van der Waals surface area contributed by atoms with Gasteiger partial charge in [-0.1, -0.05) is 11.6 Å². The quantitative estimate of drug-likeness (QED) is 0.832. The van der Waals surface area contributed by atoms with E-state index in [-0.39, 0.29) is 12.1 Å². The first-order valence-electron chi connectivity index (χ1n) is 4.62. The Labute approximate surface area is 89.0 Å². The van der Waals surface area contributed by atoms with Crippen LogP contribution in [0.1, 0.15) is 25.6 Å². The fourth-order valence-electron chi connectivity index (χ4n) is 1.38. The van der Waals surface area contributed by atoms with E-state index in [1.54, 1.807) is 10.9 Å². The van der Waals surface area contributed by atoms with Crippen LogP contribution in [0.5, 0.6) is 0 Å². The lowest BCUT2D eigenvalue weighted by Gasteiger charge is -2.20. The van der Waals surface area contributed by atoms with Gasteiger partial charge in [0.2, 0.25) is 0 Å². The fourth-order valence-corrected chi connectivity index (χ4v) is 1.68. The van der Waals surface area contributed by atoms with Gasteiger partial charge in [-0.3, -0.25) is 4.68 Å². The van der Waals surface area contributed by atoms with Crippen molar-refractivity contribution in [3.8, 4) is 0 Å². The topological polar surface area (TPSA) is 53.1 Å². The lowest BCUT2D eigenvalue weighted by atomic mass is 10.1. The van der Waals surface area contributed by atoms with E-state index in [4.69, 9.17) is 22.1 Å². The normalized spacial score (nSPS) is 15.5. The Bertz CT molecular complexity index is 281. The van der Waals surface area contributed by atoms with Crippen LogP contribution in [-0.4, -0.2) is 22.5 Å². The monoisotopic (exact) mass is 217 g/mol. The predicted octanol–water partition coefficient (Wildman–Crippen LogP) is 1.50. The second kappa shape index (κ2) is 4.77. The predicted molar refractivity (Wildman–Crippen MR) is 56.2 cm³/mol. The Morgan fingerprint density at radius 2 is 2.36 bits per heavy atom. The van der Waals surface area contributed by atoms with Gasteiger partial charge in [0.15, 0.2) is 0 Å². The van der Waals surface area contributed by atoms with Crippen LogP contribution in [0.2, 0.25) is 5.02 Å². The van der Waals surface area contributed by atoms with Crippen LogP contribution in [0.3, 0.4) is 0 Å². The minimum absolute atomic E-state index is 0.0621. The molecule has 1 aromatic rings. The molecule has 0 radical (unpaired) electrons. The van der Waals surface area contributed by atoms with Gasteiger partial charge in [0.05, 0.1) is 29.1 Å². The standard InChI is InChI=1S/C9H16ClN3O/c1-4-14-6(2)8(11)9-7(10)5-12-13(9)3/h5-6,8H,4,11H2,1-3H3. The molecular weight excluding hydrogens is 202 g/mol. The molecular formula is C9H16ClN3O. The van der Waals surface area contributed by atoms with E-state index in [2.05, 4.69) is 5.10 Å². The summed E-state index contributed by atoms with van der Waals surface area (Å²) >= 11 is 5.97. The van der Waals surface area contributed by atoms with Gasteiger partial charge in [0, 0.05) is 13.7 Å². The molecule has 1 rings (SSSR count). The largest absolute Gasteiger partial charge is 0.377 e. The summed E-state index contributed by atoms with van der Waals surface area (Å²) in [6.45, 7) is 4.51.